The van der Waals surface area contributed by atoms with Crippen LogP contribution in [0.15, 0.2) is 21.7 Å². The minimum atomic E-state index is -0.307. The van der Waals surface area contributed by atoms with Gasteiger partial charge < -0.3 is 5.11 Å². The second kappa shape index (κ2) is 7.96. The first kappa shape index (κ1) is 21.3. The number of aromatic nitrogens is 4. The molecule has 162 valence electrons. The summed E-state index contributed by atoms with van der Waals surface area (Å²) in [6.45, 7) is 6.27. The largest absolute Gasteiger partial charge is 0.393 e. The third kappa shape index (κ3) is 3.87. The summed E-state index contributed by atoms with van der Waals surface area (Å²) in [7, 11) is 0. The molecule has 30 heavy (non-hydrogen) atoms. The van der Waals surface area contributed by atoms with Crippen LogP contribution >= 0.6 is 12.6 Å². The quantitative estimate of drug-likeness (QED) is 0.545. The summed E-state index contributed by atoms with van der Waals surface area (Å²) in [5.41, 5.74) is 2.65. The fourth-order valence-corrected chi connectivity index (χ4v) is 5.11. The predicted octanol–water partition coefficient (Wildman–Crippen LogP) is 2.94. The van der Waals surface area contributed by atoms with Crippen molar-refractivity contribution in [3.05, 3.63) is 55.4 Å². The van der Waals surface area contributed by atoms with Gasteiger partial charge in [-0.2, -0.15) is 22.8 Å². The van der Waals surface area contributed by atoms with Crippen LogP contribution < -0.4 is 11.1 Å². The molecule has 2 saturated carbocycles. The third-order valence-electron chi connectivity index (χ3n) is 7.22. The number of hydrogen-bond donors (Lipinski definition) is 4. The number of aliphatic hydroxyl groups is 1. The fraction of sp³-hybridized carbons (Fsp3) is 0.636. The first-order valence-electron chi connectivity index (χ1n) is 10.7. The summed E-state index contributed by atoms with van der Waals surface area (Å²) in [5.74, 6) is 0.621. The van der Waals surface area contributed by atoms with Gasteiger partial charge in [-0.05, 0) is 68.9 Å². The molecule has 0 aliphatic heterocycles. The molecular formula is C22H30N4O3S. The molecule has 2 aliphatic carbocycles. The zero-order valence-electron chi connectivity index (χ0n) is 17.7. The molecule has 2 heterocycles. The SMILES string of the molecule is CC(S)c1cc(C2CCC(C(C)(C)c3cc(C4CC(O)C4)c(=O)[nH]n3)C2)c(=O)[nH]n1. The van der Waals surface area contributed by atoms with E-state index in [-0.39, 0.29) is 39.7 Å². The maximum absolute atomic E-state index is 12.4. The molecule has 2 fully saturated rings. The Morgan fingerprint density at radius 3 is 2.30 bits per heavy atom. The van der Waals surface area contributed by atoms with Gasteiger partial charge in [-0.1, -0.05) is 13.8 Å². The van der Waals surface area contributed by atoms with E-state index in [2.05, 4.69) is 46.9 Å². The Hall–Kier alpha value is -1.93. The smallest absolute Gasteiger partial charge is 0.267 e. The van der Waals surface area contributed by atoms with Gasteiger partial charge in [0.15, 0.2) is 0 Å². The molecule has 0 bridgehead atoms. The van der Waals surface area contributed by atoms with E-state index >= 15 is 0 Å². The summed E-state index contributed by atoms with van der Waals surface area (Å²) in [5, 5.41) is 23.4. The van der Waals surface area contributed by atoms with Gasteiger partial charge in [-0.15, -0.1) is 0 Å². The summed E-state index contributed by atoms with van der Waals surface area (Å²) in [4.78, 5) is 24.7. The van der Waals surface area contributed by atoms with Crippen molar-refractivity contribution in [1.29, 1.82) is 0 Å². The molecule has 4 rings (SSSR count). The van der Waals surface area contributed by atoms with E-state index in [9.17, 15) is 14.7 Å². The van der Waals surface area contributed by atoms with E-state index in [1.807, 2.05) is 19.1 Å². The zero-order valence-corrected chi connectivity index (χ0v) is 18.6. The van der Waals surface area contributed by atoms with Crippen molar-refractivity contribution in [1.82, 2.24) is 20.4 Å². The molecule has 0 aromatic carbocycles. The van der Waals surface area contributed by atoms with Crippen LogP contribution in [0.2, 0.25) is 0 Å². The van der Waals surface area contributed by atoms with E-state index in [4.69, 9.17) is 0 Å². The lowest BCUT2D eigenvalue weighted by Crippen LogP contribution is -2.34. The number of aliphatic hydroxyl groups excluding tert-OH is 1. The average molecular weight is 431 g/mol. The highest BCUT2D eigenvalue weighted by molar-refractivity contribution is 7.80. The Morgan fingerprint density at radius 2 is 1.67 bits per heavy atom. The Bertz CT molecular complexity index is 1040. The number of hydrogen-bond acceptors (Lipinski definition) is 6. The number of nitrogens with zero attached hydrogens (tertiary/aromatic N) is 2. The Morgan fingerprint density at radius 1 is 1.03 bits per heavy atom. The summed E-state index contributed by atoms with van der Waals surface area (Å²) in [6, 6.07) is 3.83. The van der Waals surface area contributed by atoms with Gasteiger partial charge in [0.05, 0.1) is 17.5 Å². The molecule has 3 N–H and O–H groups in total. The molecule has 7 nitrogen and oxygen atoms in total. The van der Waals surface area contributed by atoms with Crippen molar-refractivity contribution in [2.24, 2.45) is 5.92 Å². The molecule has 0 saturated heterocycles. The lowest BCUT2D eigenvalue weighted by Gasteiger charge is -2.34. The van der Waals surface area contributed by atoms with Gasteiger partial charge in [0.1, 0.15) is 0 Å². The standard InChI is InChI=1S/C22H30N4O3S/c1-11(30)18-9-16(20(28)25-23-18)12-4-5-14(6-12)22(2,3)19-10-17(21(29)26-24-19)13-7-15(27)8-13/h9-15,27,30H,4-8H2,1-3H3,(H,25,28)(H,26,29). The van der Waals surface area contributed by atoms with Crippen LogP contribution in [-0.4, -0.2) is 31.6 Å². The molecule has 2 aromatic rings. The topological polar surface area (TPSA) is 112 Å². The van der Waals surface area contributed by atoms with E-state index in [0.29, 0.717) is 18.8 Å². The summed E-state index contributed by atoms with van der Waals surface area (Å²) >= 11 is 4.44. The first-order valence-corrected chi connectivity index (χ1v) is 11.2. The number of rotatable bonds is 5. The van der Waals surface area contributed by atoms with Crippen molar-refractivity contribution in [3.8, 4) is 0 Å². The predicted molar refractivity (Wildman–Crippen MR) is 118 cm³/mol. The highest BCUT2D eigenvalue weighted by Crippen LogP contribution is 2.47. The van der Waals surface area contributed by atoms with Crippen molar-refractivity contribution in [2.75, 3.05) is 0 Å². The van der Waals surface area contributed by atoms with Crippen LogP contribution in [0.3, 0.4) is 0 Å². The summed E-state index contributed by atoms with van der Waals surface area (Å²) < 4.78 is 0. The van der Waals surface area contributed by atoms with E-state index in [1.54, 1.807) is 0 Å². The van der Waals surface area contributed by atoms with Crippen LogP contribution in [-0.2, 0) is 5.41 Å². The summed E-state index contributed by atoms with van der Waals surface area (Å²) in [6.07, 6.45) is 3.78. The van der Waals surface area contributed by atoms with Gasteiger partial charge in [0.25, 0.3) is 11.1 Å². The molecule has 3 unspecified atom stereocenters. The normalized spacial score (nSPS) is 27.6. The highest BCUT2D eigenvalue weighted by Gasteiger charge is 2.40. The van der Waals surface area contributed by atoms with Gasteiger partial charge in [0, 0.05) is 21.8 Å². The molecule has 0 amide bonds. The van der Waals surface area contributed by atoms with Crippen molar-refractivity contribution in [2.45, 2.75) is 81.5 Å². The minimum Gasteiger partial charge on any atom is -0.393 e. The van der Waals surface area contributed by atoms with Crippen molar-refractivity contribution < 1.29 is 5.11 Å². The maximum Gasteiger partial charge on any atom is 0.267 e. The van der Waals surface area contributed by atoms with Crippen LogP contribution in [0.1, 0.15) is 92.5 Å². The highest BCUT2D eigenvalue weighted by atomic mass is 32.1. The Balaban J connectivity index is 1.57. The van der Waals surface area contributed by atoms with Gasteiger partial charge in [-0.3, -0.25) is 9.59 Å². The lowest BCUT2D eigenvalue weighted by atomic mass is 9.72. The molecule has 0 radical (unpaired) electrons. The second-order valence-corrected chi connectivity index (χ2v) is 10.3. The number of thiol groups is 1. The van der Waals surface area contributed by atoms with Gasteiger partial charge >= 0.3 is 0 Å². The van der Waals surface area contributed by atoms with E-state index < -0.39 is 0 Å². The maximum atomic E-state index is 12.4. The van der Waals surface area contributed by atoms with E-state index in [0.717, 1.165) is 41.8 Å². The van der Waals surface area contributed by atoms with Crippen LogP contribution in [0.5, 0.6) is 0 Å². The first-order chi connectivity index (χ1) is 14.2. The Kier molecular flexibility index (Phi) is 5.66. The van der Waals surface area contributed by atoms with Crippen molar-refractivity contribution >= 4 is 12.6 Å². The molecule has 8 heteroatoms. The van der Waals surface area contributed by atoms with Gasteiger partial charge in [0.2, 0.25) is 0 Å². The third-order valence-corrected chi connectivity index (χ3v) is 7.48. The minimum absolute atomic E-state index is 0.0389. The lowest BCUT2D eigenvalue weighted by molar-refractivity contribution is 0.0740. The molecule has 0 spiro atoms. The monoisotopic (exact) mass is 430 g/mol. The number of H-pyrrole nitrogens is 2. The second-order valence-electron chi connectivity index (χ2n) is 9.54. The van der Waals surface area contributed by atoms with Crippen LogP contribution in [0, 0.1) is 5.92 Å². The molecular weight excluding hydrogens is 400 g/mol. The fourth-order valence-electron chi connectivity index (χ4n) is 4.98. The molecule has 3 atom stereocenters. The average Bonchev–Trinajstić information content (AvgIpc) is 3.17. The number of aromatic amines is 2. The van der Waals surface area contributed by atoms with Crippen molar-refractivity contribution in [3.63, 3.8) is 0 Å². The van der Waals surface area contributed by atoms with Crippen LogP contribution in [0.25, 0.3) is 0 Å². The Labute approximate surface area is 181 Å². The molecule has 2 aliphatic rings. The van der Waals surface area contributed by atoms with Crippen LogP contribution in [0.4, 0.5) is 0 Å². The zero-order chi connectivity index (χ0) is 21.6. The molecule has 2 aromatic heterocycles. The number of nitrogens with one attached hydrogen (secondary N) is 2. The van der Waals surface area contributed by atoms with Gasteiger partial charge in [-0.25, -0.2) is 10.2 Å². The van der Waals surface area contributed by atoms with E-state index in [1.165, 1.54) is 0 Å².